The number of hydrogen-bond acceptors (Lipinski definition) is 4. The maximum Gasteiger partial charge on any atom is 0.307 e. The summed E-state index contributed by atoms with van der Waals surface area (Å²) in [4.78, 5) is 12.1. The minimum absolute atomic E-state index is 0.0592. The third-order valence-electron chi connectivity index (χ3n) is 3.31. The highest BCUT2D eigenvalue weighted by atomic mass is 32.2. The predicted molar refractivity (Wildman–Crippen MR) is 76.9 cm³/mol. The van der Waals surface area contributed by atoms with Crippen molar-refractivity contribution in [3.8, 4) is 0 Å². The second-order valence-corrected chi connectivity index (χ2v) is 7.55. The van der Waals surface area contributed by atoms with Gasteiger partial charge in [0.15, 0.2) is 0 Å². The Labute approximate surface area is 122 Å². The summed E-state index contributed by atoms with van der Waals surface area (Å²) in [5.74, 6) is -1.53. The molecule has 2 heterocycles. The molecule has 1 aromatic heterocycles. The van der Waals surface area contributed by atoms with E-state index in [4.69, 9.17) is 5.11 Å². The lowest BCUT2D eigenvalue weighted by Crippen LogP contribution is -2.47. The summed E-state index contributed by atoms with van der Waals surface area (Å²) >= 11 is 1.59. The summed E-state index contributed by atoms with van der Waals surface area (Å²) in [5.41, 5.74) is 0. The average Bonchev–Trinajstić information content (AvgIpc) is 2.92. The molecule has 1 aliphatic heterocycles. The van der Waals surface area contributed by atoms with Crippen molar-refractivity contribution in [3.63, 3.8) is 0 Å². The van der Waals surface area contributed by atoms with Gasteiger partial charge in [-0.3, -0.25) is 4.79 Å². The largest absolute Gasteiger partial charge is 0.481 e. The number of carboxylic acid groups (broad SMARTS) is 1. The molecule has 1 unspecified atom stereocenters. The number of rotatable bonds is 6. The Balaban J connectivity index is 1.87. The van der Waals surface area contributed by atoms with E-state index >= 15 is 0 Å². The quantitative estimate of drug-likeness (QED) is 0.816. The summed E-state index contributed by atoms with van der Waals surface area (Å²) in [6.07, 6.45) is 1.77. The molecule has 0 saturated carbocycles. The van der Waals surface area contributed by atoms with E-state index in [0.717, 1.165) is 4.88 Å². The Morgan fingerprint density at radius 2 is 2.35 bits per heavy atom. The van der Waals surface area contributed by atoms with Crippen molar-refractivity contribution in [2.24, 2.45) is 5.92 Å². The third-order valence-corrected chi connectivity index (χ3v) is 5.83. The van der Waals surface area contributed by atoms with E-state index in [9.17, 15) is 13.2 Å². The summed E-state index contributed by atoms with van der Waals surface area (Å²) in [5, 5.41) is 10.9. The molecular weight excluding hydrogens is 300 g/mol. The van der Waals surface area contributed by atoms with Crippen LogP contribution < -0.4 is 4.72 Å². The van der Waals surface area contributed by atoms with E-state index in [1.54, 1.807) is 11.3 Å². The van der Waals surface area contributed by atoms with Crippen LogP contribution in [0.5, 0.6) is 0 Å². The van der Waals surface area contributed by atoms with E-state index in [2.05, 4.69) is 4.72 Å². The molecule has 0 radical (unpaired) electrons. The monoisotopic (exact) mass is 318 g/mol. The van der Waals surface area contributed by atoms with Crippen molar-refractivity contribution in [3.05, 3.63) is 22.4 Å². The van der Waals surface area contributed by atoms with Gasteiger partial charge in [-0.2, -0.15) is 12.7 Å². The molecule has 0 aromatic carbocycles. The van der Waals surface area contributed by atoms with Gasteiger partial charge in [-0.15, -0.1) is 11.3 Å². The third kappa shape index (κ3) is 4.02. The Hall–Kier alpha value is -0.960. The van der Waals surface area contributed by atoms with Gasteiger partial charge >= 0.3 is 5.97 Å². The molecule has 20 heavy (non-hydrogen) atoms. The Bertz CT molecular complexity index is 542. The van der Waals surface area contributed by atoms with Crippen molar-refractivity contribution in [2.45, 2.75) is 19.3 Å². The molecule has 2 rings (SSSR count). The zero-order valence-corrected chi connectivity index (χ0v) is 12.6. The van der Waals surface area contributed by atoms with Crippen molar-refractivity contribution in [2.75, 3.05) is 19.6 Å². The molecule has 6 nitrogen and oxygen atoms in total. The van der Waals surface area contributed by atoms with Crippen LogP contribution in [0.2, 0.25) is 0 Å². The number of nitrogens with zero attached hydrogens (tertiary/aromatic N) is 1. The summed E-state index contributed by atoms with van der Waals surface area (Å²) in [7, 11) is -3.58. The maximum atomic E-state index is 12.1. The summed E-state index contributed by atoms with van der Waals surface area (Å²) < 4.78 is 28.0. The molecule has 2 N–H and O–H groups in total. The summed E-state index contributed by atoms with van der Waals surface area (Å²) in [6, 6.07) is 3.89. The van der Waals surface area contributed by atoms with Gasteiger partial charge < -0.3 is 5.11 Å². The number of thiophene rings is 1. The molecule has 1 aliphatic rings. The molecule has 1 atom stereocenters. The van der Waals surface area contributed by atoms with Crippen LogP contribution in [0, 0.1) is 5.92 Å². The second kappa shape index (κ2) is 6.66. The first-order valence-electron chi connectivity index (χ1n) is 6.49. The molecule has 0 amide bonds. The van der Waals surface area contributed by atoms with E-state index in [1.807, 2.05) is 17.5 Å². The lowest BCUT2D eigenvalue weighted by molar-refractivity contribution is -0.142. The van der Waals surface area contributed by atoms with Gasteiger partial charge in [0.25, 0.3) is 10.2 Å². The fraction of sp³-hybridized carbons (Fsp3) is 0.583. The molecule has 0 aliphatic carbocycles. The first-order chi connectivity index (χ1) is 9.49. The Morgan fingerprint density at radius 3 is 3.00 bits per heavy atom. The van der Waals surface area contributed by atoms with Crippen LogP contribution in [-0.4, -0.2) is 43.4 Å². The van der Waals surface area contributed by atoms with Crippen LogP contribution in [0.15, 0.2) is 17.5 Å². The van der Waals surface area contributed by atoms with Crippen molar-refractivity contribution in [1.82, 2.24) is 9.03 Å². The number of nitrogens with one attached hydrogen (secondary N) is 1. The van der Waals surface area contributed by atoms with Gasteiger partial charge in [-0.1, -0.05) is 6.07 Å². The molecule has 0 spiro atoms. The first-order valence-corrected chi connectivity index (χ1v) is 8.81. The van der Waals surface area contributed by atoms with Crippen LogP contribution in [0.1, 0.15) is 17.7 Å². The van der Waals surface area contributed by atoms with E-state index < -0.39 is 22.1 Å². The number of piperidine rings is 1. The molecule has 1 saturated heterocycles. The van der Waals surface area contributed by atoms with E-state index in [1.165, 1.54) is 4.31 Å². The highest BCUT2D eigenvalue weighted by Crippen LogP contribution is 2.18. The Kier molecular flexibility index (Phi) is 5.14. The van der Waals surface area contributed by atoms with Gasteiger partial charge in [0, 0.05) is 24.5 Å². The molecular formula is C12H18N2O4S2. The van der Waals surface area contributed by atoms with Crippen LogP contribution in [0.25, 0.3) is 0 Å². The normalized spacial score (nSPS) is 20.9. The fourth-order valence-corrected chi connectivity index (χ4v) is 4.21. The van der Waals surface area contributed by atoms with Gasteiger partial charge in [0.1, 0.15) is 0 Å². The van der Waals surface area contributed by atoms with Crippen LogP contribution in [0.3, 0.4) is 0 Å². The summed E-state index contributed by atoms with van der Waals surface area (Å²) in [6.45, 7) is 0.777. The van der Waals surface area contributed by atoms with Gasteiger partial charge in [-0.25, -0.2) is 4.72 Å². The smallest absolute Gasteiger partial charge is 0.307 e. The molecule has 0 bridgehead atoms. The van der Waals surface area contributed by atoms with Crippen LogP contribution in [-0.2, 0) is 21.4 Å². The van der Waals surface area contributed by atoms with E-state index in [0.29, 0.717) is 32.4 Å². The molecule has 1 fully saturated rings. The first kappa shape index (κ1) is 15.4. The average molecular weight is 318 g/mol. The number of carbonyl (C=O) groups is 1. The van der Waals surface area contributed by atoms with Crippen LogP contribution in [0.4, 0.5) is 0 Å². The number of hydrogen-bond donors (Lipinski definition) is 2. The second-order valence-electron chi connectivity index (χ2n) is 4.76. The number of aliphatic carboxylic acids is 1. The highest BCUT2D eigenvalue weighted by Gasteiger charge is 2.31. The van der Waals surface area contributed by atoms with Crippen molar-refractivity contribution >= 4 is 27.5 Å². The SMILES string of the molecule is O=C(O)C1CCCN(S(=O)(=O)NCCc2cccs2)C1. The molecule has 1 aromatic rings. The van der Waals surface area contributed by atoms with Gasteiger partial charge in [0.05, 0.1) is 5.92 Å². The van der Waals surface area contributed by atoms with Crippen molar-refractivity contribution in [1.29, 1.82) is 0 Å². The maximum absolute atomic E-state index is 12.1. The fourth-order valence-electron chi connectivity index (χ4n) is 2.21. The molecule has 112 valence electrons. The number of carboxylic acids is 1. The van der Waals surface area contributed by atoms with Crippen LogP contribution >= 0.6 is 11.3 Å². The lowest BCUT2D eigenvalue weighted by Gasteiger charge is -2.29. The zero-order chi connectivity index (χ0) is 14.6. The topological polar surface area (TPSA) is 86.7 Å². The van der Waals surface area contributed by atoms with Crippen molar-refractivity contribution < 1.29 is 18.3 Å². The van der Waals surface area contributed by atoms with Gasteiger partial charge in [0.2, 0.25) is 0 Å². The standard InChI is InChI=1S/C12H18N2O4S2/c15-12(16)10-3-1-7-14(9-10)20(17,18)13-6-5-11-4-2-8-19-11/h2,4,8,10,13H,1,3,5-7,9H2,(H,15,16). The minimum Gasteiger partial charge on any atom is -0.481 e. The zero-order valence-electron chi connectivity index (χ0n) is 11.0. The van der Waals surface area contributed by atoms with E-state index in [-0.39, 0.29) is 6.54 Å². The lowest BCUT2D eigenvalue weighted by atomic mass is 10.0. The molecule has 8 heteroatoms. The highest BCUT2D eigenvalue weighted by molar-refractivity contribution is 7.87. The Morgan fingerprint density at radius 1 is 1.55 bits per heavy atom. The minimum atomic E-state index is -3.58. The van der Waals surface area contributed by atoms with Gasteiger partial charge in [-0.05, 0) is 30.7 Å². The predicted octanol–water partition coefficient (Wildman–Crippen LogP) is 0.922.